The molecular weight excluding hydrogens is 448 g/mol. The largest absolute Gasteiger partial charge is 0.338 e. The van der Waals surface area contributed by atoms with Crippen LogP contribution in [0.4, 0.5) is 0 Å². The summed E-state index contributed by atoms with van der Waals surface area (Å²) in [5.41, 5.74) is 3.40. The van der Waals surface area contributed by atoms with Crippen molar-refractivity contribution in [1.29, 1.82) is 0 Å². The van der Waals surface area contributed by atoms with Crippen molar-refractivity contribution in [2.24, 2.45) is 0 Å². The van der Waals surface area contributed by atoms with Gasteiger partial charge in [-0.3, -0.25) is 9.69 Å². The van der Waals surface area contributed by atoms with Crippen molar-refractivity contribution < 1.29 is 4.79 Å². The van der Waals surface area contributed by atoms with E-state index in [1.54, 1.807) is 4.68 Å². The SMILES string of the molecule is Cl.O=C([C@@H](c1ccccc1)n1cnnn1)N1CCN(C(c2ccccc2)c2ccccc2)CC1. The third-order valence-electron chi connectivity index (χ3n) is 6.20. The molecule has 1 aliphatic heterocycles. The van der Waals surface area contributed by atoms with Crippen LogP contribution in [0.1, 0.15) is 28.8 Å². The zero-order valence-electron chi connectivity index (χ0n) is 18.7. The molecule has 0 bridgehead atoms. The molecule has 1 aliphatic rings. The molecule has 2 heterocycles. The van der Waals surface area contributed by atoms with E-state index in [4.69, 9.17) is 0 Å². The zero-order valence-corrected chi connectivity index (χ0v) is 19.5. The Hall–Kier alpha value is -3.55. The molecule has 5 rings (SSSR count). The van der Waals surface area contributed by atoms with Crippen molar-refractivity contribution >= 4 is 18.3 Å². The molecule has 8 heteroatoms. The maximum absolute atomic E-state index is 13.6. The van der Waals surface area contributed by atoms with E-state index in [1.165, 1.54) is 17.5 Å². The van der Waals surface area contributed by atoms with Gasteiger partial charge in [0.2, 0.25) is 0 Å². The second-order valence-electron chi connectivity index (χ2n) is 8.19. The van der Waals surface area contributed by atoms with Crippen molar-refractivity contribution in [1.82, 2.24) is 30.0 Å². The van der Waals surface area contributed by atoms with Gasteiger partial charge in [-0.25, -0.2) is 4.68 Å². The number of tetrazole rings is 1. The first kappa shape index (κ1) is 23.6. The summed E-state index contributed by atoms with van der Waals surface area (Å²) in [6.45, 7) is 2.88. The second kappa shape index (κ2) is 11.0. The number of hydrogen-bond acceptors (Lipinski definition) is 5. The maximum atomic E-state index is 13.6. The van der Waals surface area contributed by atoms with Crippen LogP contribution in [0.3, 0.4) is 0 Å². The lowest BCUT2D eigenvalue weighted by Gasteiger charge is -2.40. The van der Waals surface area contributed by atoms with Crippen LogP contribution in [0, 0.1) is 0 Å². The fourth-order valence-electron chi connectivity index (χ4n) is 4.59. The predicted octanol–water partition coefficient (Wildman–Crippen LogP) is 3.62. The Balaban J connectivity index is 0.00000274. The summed E-state index contributed by atoms with van der Waals surface area (Å²) in [6, 6.07) is 30.4. The van der Waals surface area contributed by atoms with Gasteiger partial charge in [-0.2, -0.15) is 0 Å². The molecule has 1 amide bonds. The normalized spacial score (nSPS) is 15.0. The number of halogens is 1. The van der Waals surface area contributed by atoms with E-state index in [9.17, 15) is 4.79 Å². The minimum absolute atomic E-state index is 0. The van der Waals surface area contributed by atoms with Crippen LogP contribution in [0.2, 0.25) is 0 Å². The Kier molecular flexibility index (Phi) is 7.67. The second-order valence-corrected chi connectivity index (χ2v) is 8.19. The number of rotatable bonds is 6. The Bertz CT molecular complexity index is 1110. The molecule has 0 spiro atoms. The van der Waals surface area contributed by atoms with Gasteiger partial charge in [-0.05, 0) is 27.1 Å². The van der Waals surface area contributed by atoms with Crippen LogP contribution in [0.15, 0.2) is 97.3 Å². The van der Waals surface area contributed by atoms with Crippen molar-refractivity contribution in [3.05, 3.63) is 114 Å². The predicted molar refractivity (Wildman–Crippen MR) is 133 cm³/mol. The molecule has 0 N–H and O–H groups in total. The first-order valence-electron chi connectivity index (χ1n) is 11.2. The molecule has 4 aromatic rings. The first-order chi connectivity index (χ1) is 16.3. The van der Waals surface area contributed by atoms with Gasteiger partial charge >= 0.3 is 0 Å². The Morgan fingerprint density at radius 3 is 1.68 bits per heavy atom. The van der Waals surface area contributed by atoms with Crippen LogP contribution in [-0.4, -0.2) is 62.1 Å². The summed E-state index contributed by atoms with van der Waals surface area (Å²) >= 11 is 0. The van der Waals surface area contributed by atoms with Gasteiger partial charge in [0.25, 0.3) is 5.91 Å². The molecule has 0 unspecified atom stereocenters. The first-order valence-corrected chi connectivity index (χ1v) is 11.2. The molecule has 1 saturated heterocycles. The fraction of sp³-hybridized carbons (Fsp3) is 0.231. The van der Waals surface area contributed by atoms with E-state index >= 15 is 0 Å². The lowest BCUT2D eigenvalue weighted by Crippen LogP contribution is -2.51. The molecule has 7 nitrogen and oxygen atoms in total. The molecule has 0 aliphatic carbocycles. The topological polar surface area (TPSA) is 67.2 Å². The van der Waals surface area contributed by atoms with Crippen LogP contribution >= 0.6 is 12.4 Å². The van der Waals surface area contributed by atoms with E-state index in [1.807, 2.05) is 47.4 Å². The number of piperazine rings is 1. The van der Waals surface area contributed by atoms with E-state index in [0.29, 0.717) is 13.1 Å². The summed E-state index contributed by atoms with van der Waals surface area (Å²) in [5.74, 6) is 0.0177. The van der Waals surface area contributed by atoms with E-state index in [-0.39, 0.29) is 24.4 Å². The summed E-state index contributed by atoms with van der Waals surface area (Å²) in [4.78, 5) is 18.0. The summed E-state index contributed by atoms with van der Waals surface area (Å²) in [5, 5.41) is 11.5. The third-order valence-corrected chi connectivity index (χ3v) is 6.20. The van der Waals surface area contributed by atoms with Crippen molar-refractivity contribution in [3.63, 3.8) is 0 Å². The van der Waals surface area contributed by atoms with Gasteiger partial charge in [0.05, 0.1) is 6.04 Å². The molecule has 1 fully saturated rings. The smallest absolute Gasteiger partial charge is 0.252 e. The molecule has 0 saturated carbocycles. The number of carbonyl (C=O) groups is 1. The lowest BCUT2D eigenvalue weighted by molar-refractivity contribution is -0.135. The van der Waals surface area contributed by atoms with Gasteiger partial charge in [-0.15, -0.1) is 17.5 Å². The zero-order chi connectivity index (χ0) is 22.5. The molecular formula is C26H27ClN6O. The highest BCUT2D eigenvalue weighted by atomic mass is 35.5. The van der Waals surface area contributed by atoms with Gasteiger partial charge in [0, 0.05) is 26.2 Å². The van der Waals surface area contributed by atoms with Gasteiger partial charge in [0.1, 0.15) is 6.33 Å². The fourth-order valence-corrected chi connectivity index (χ4v) is 4.59. The highest BCUT2D eigenvalue weighted by Crippen LogP contribution is 2.30. The minimum atomic E-state index is -0.563. The van der Waals surface area contributed by atoms with Crippen molar-refractivity contribution in [2.45, 2.75) is 12.1 Å². The summed E-state index contributed by atoms with van der Waals surface area (Å²) < 4.78 is 1.54. The quantitative estimate of drug-likeness (QED) is 0.427. The average molecular weight is 475 g/mol. The highest BCUT2D eigenvalue weighted by molar-refractivity contribution is 5.85. The van der Waals surface area contributed by atoms with Gasteiger partial charge in [0.15, 0.2) is 6.04 Å². The molecule has 174 valence electrons. The maximum Gasteiger partial charge on any atom is 0.252 e. The van der Waals surface area contributed by atoms with Crippen LogP contribution in [0.5, 0.6) is 0 Å². The molecule has 0 radical (unpaired) electrons. The summed E-state index contributed by atoms with van der Waals surface area (Å²) in [7, 11) is 0. The molecule has 34 heavy (non-hydrogen) atoms. The molecule has 1 atom stereocenters. The highest BCUT2D eigenvalue weighted by Gasteiger charge is 2.33. The molecule has 3 aromatic carbocycles. The van der Waals surface area contributed by atoms with E-state index in [0.717, 1.165) is 18.7 Å². The van der Waals surface area contributed by atoms with E-state index < -0.39 is 6.04 Å². The van der Waals surface area contributed by atoms with Crippen LogP contribution in [0.25, 0.3) is 0 Å². The van der Waals surface area contributed by atoms with Crippen molar-refractivity contribution in [2.75, 3.05) is 26.2 Å². The third kappa shape index (κ3) is 5.00. The Morgan fingerprint density at radius 2 is 1.21 bits per heavy atom. The standard InChI is InChI=1S/C26H26N6O.ClH/c33-26(25(32-20-27-28-29-32)23-14-8-3-9-15-23)31-18-16-30(17-19-31)24(21-10-4-1-5-11-21)22-12-6-2-7-13-22;/h1-15,20,24-25H,16-19H2;1H/t25-;/m1./s1. The lowest BCUT2D eigenvalue weighted by atomic mass is 9.96. The number of nitrogens with zero attached hydrogens (tertiary/aromatic N) is 6. The Labute approximate surface area is 205 Å². The van der Waals surface area contributed by atoms with Crippen molar-refractivity contribution in [3.8, 4) is 0 Å². The van der Waals surface area contributed by atoms with Crippen LogP contribution < -0.4 is 0 Å². The Morgan fingerprint density at radius 1 is 0.706 bits per heavy atom. The van der Waals surface area contributed by atoms with Gasteiger partial charge in [-0.1, -0.05) is 91.0 Å². The molecule has 1 aromatic heterocycles. The van der Waals surface area contributed by atoms with E-state index in [2.05, 4.69) is 69.0 Å². The van der Waals surface area contributed by atoms with Gasteiger partial charge < -0.3 is 4.90 Å². The number of aromatic nitrogens is 4. The number of hydrogen-bond donors (Lipinski definition) is 0. The van der Waals surface area contributed by atoms with Crippen LogP contribution in [-0.2, 0) is 4.79 Å². The minimum Gasteiger partial charge on any atom is -0.338 e. The monoisotopic (exact) mass is 474 g/mol. The number of amides is 1. The summed E-state index contributed by atoms with van der Waals surface area (Å²) in [6.07, 6.45) is 1.51. The average Bonchev–Trinajstić information content (AvgIpc) is 3.41. The number of carbonyl (C=O) groups excluding carboxylic acids is 1. The number of benzene rings is 3.